The lowest BCUT2D eigenvalue weighted by molar-refractivity contribution is 0.399. The maximum atomic E-state index is 12.3. The average molecular weight is 307 g/mol. The number of sulfone groups is 1. The molecule has 1 fully saturated rings. The van der Waals surface area contributed by atoms with Gasteiger partial charge in [-0.3, -0.25) is 0 Å². The zero-order valence-electron chi connectivity index (χ0n) is 12.3. The van der Waals surface area contributed by atoms with Crippen molar-refractivity contribution in [1.82, 2.24) is 5.32 Å². The van der Waals surface area contributed by atoms with Gasteiger partial charge in [0.05, 0.1) is 4.90 Å². The number of hydrogen-bond acceptors (Lipinski definition) is 5. The first kappa shape index (κ1) is 15.6. The first-order chi connectivity index (χ1) is 10.0. The number of hydrogen-bond donors (Lipinski definition) is 2. The van der Waals surface area contributed by atoms with Crippen molar-refractivity contribution in [3.8, 4) is 0 Å². The molecule has 0 aliphatic carbocycles. The lowest BCUT2D eigenvalue weighted by Crippen LogP contribution is -2.46. The Morgan fingerprint density at radius 2 is 2.00 bits per heavy atom. The predicted octanol–water partition coefficient (Wildman–Crippen LogP) is 2.02. The Labute approximate surface area is 126 Å². The van der Waals surface area contributed by atoms with E-state index in [9.17, 15) is 8.42 Å². The predicted molar refractivity (Wildman–Crippen MR) is 85.5 cm³/mol. The highest BCUT2D eigenvalue weighted by molar-refractivity contribution is 7.96. The fourth-order valence-electron chi connectivity index (χ4n) is 2.35. The van der Waals surface area contributed by atoms with E-state index in [1.807, 2.05) is 12.1 Å². The molecule has 0 aromatic heterocycles. The van der Waals surface area contributed by atoms with Gasteiger partial charge in [-0.25, -0.2) is 8.42 Å². The van der Waals surface area contributed by atoms with Crippen LogP contribution in [0.2, 0.25) is 0 Å². The maximum Gasteiger partial charge on any atom is 0.209 e. The third-order valence-electron chi connectivity index (χ3n) is 3.79. The summed E-state index contributed by atoms with van der Waals surface area (Å²) >= 11 is 0. The Balaban J connectivity index is 2.19. The summed E-state index contributed by atoms with van der Waals surface area (Å²) in [7, 11) is -2.02. The minimum absolute atomic E-state index is 0.0484. The zero-order chi connectivity index (χ0) is 15.5. The SMILES string of the molecule is CCC1CN(c2ccc(S(=O)(=O)/C(C=N)=C/NC)cc2)C1. The summed E-state index contributed by atoms with van der Waals surface area (Å²) in [5, 5.41) is 9.89. The molecule has 1 aromatic carbocycles. The molecule has 0 saturated carbocycles. The highest BCUT2D eigenvalue weighted by Crippen LogP contribution is 2.28. The summed E-state index contributed by atoms with van der Waals surface area (Å²) in [6.45, 7) is 4.26. The highest BCUT2D eigenvalue weighted by atomic mass is 32.2. The lowest BCUT2D eigenvalue weighted by atomic mass is 9.97. The van der Waals surface area contributed by atoms with Gasteiger partial charge in [0.25, 0.3) is 0 Å². The van der Waals surface area contributed by atoms with Gasteiger partial charge in [-0.2, -0.15) is 0 Å². The van der Waals surface area contributed by atoms with Gasteiger partial charge in [0.2, 0.25) is 9.84 Å². The second-order valence-corrected chi connectivity index (χ2v) is 7.11. The van der Waals surface area contributed by atoms with Crippen molar-refractivity contribution in [3.63, 3.8) is 0 Å². The zero-order valence-corrected chi connectivity index (χ0v) is 13.2. The molecule has 1 aliphatic heterocycles. The van der Waals surface area contributed by atoms with Crippen LogP contribution in [0, 0.1) is 11.3 Å². The van der Waals surface area contributed by atoms with Crippen LogP contribution in [-0.4, -0.2) is 34.8 Å². The van der Waals surface area contributed by atoms with E-state index in [-0.39, 0.29) is 9.80 Å². The van der Waals surface area contributed by atoms with Crippen LogP contribution in [0.15, 0.2) is 40.3 Å². The highest BCUT2D eigenvalue weighted by Gasteiger charge is 2.25. The first-order valence-corrected chi connectivity index (χ1v) is 8.49. The Morgan fingerprint density at radius 3 is 2.48 bits per heavy atom. The van der Waals surface area contributed by atoms with E-state index in [0.717, 1.165) is 30.9 Å². The van der Waals surface area contributed by atoms with Gasteiger partial charge in [-0.05, 0) is 36.6 Å². The normalized spacial score (nSPS) is 16.5. The van der Waals surface area contributed by atoms with Crippen molar-refractivity contribution in [2.75, 3.05) is 25.0 Å². The molecule has 114 valence electrons. The molecule has 0 unspecified atom stereocenters. The topological polar surface area (TPSA) is 73.3 Å². The number of allylic oxidation sites excluding steroid dienone is 1. The van der Waals surface area contributed by atoms with E-state index in [4.69, 9.17) is 5.41 Å². The second kappa shape index (κ2) is 6.30. The third kappa shape index (κ3) is 3.10. The quantitative estimate of drug-likeness (QED) is 0.789. The Hall–Kier alpha value is -1.82. The molecule has 5 nitrogen and oxygen atoms in total. The molecule has 0 atom stereocenters. The average Bonchev–Trinajstić information content (AvgIpc) is 2.44. The summed E-state index contributed by atoms with van der Waals surface area (Å²) in [5.74, 6) is 0.747. The molecule has 1 aliphatic rings. The molecule has 1 saturated heterocycles. The smallest absolute Gasteiger partial charge is 0.209 e. The first-order valence-electron chi connectivity index (χ1n) is 7.01. The van der Waals surface area contributed by atoms with Crippen LogP contribution in [0.5, 0.6) is 0 Å². The van der Waals surface area contributed by atoms with Gasteiger partial charge in [-0.1, -0.05) is 6.92 Å². The molecule has 0 bridgehead atoms. The molecular formula is C15H21N3O2S. The van der Waals surface area contributed by atoms with Crippen molar-refractivity contribution >= 4 is 21.7 Å². The monoisotopic (exact) mass is 307 g/mol. The van der Waals surface area contributed by atoms with Crippen molar-refractivity contribution in [2.45, 2.75) is 18.2 Å². The summed E-state index contributed by atoms with van der Waals surface area (Å²) in [5.41, 5.74) is 1.05. The van der Waals surface area contributed by atoms with E-state index in [2.05, 4.69) is 17.1 Å². The van der Waals surface area contributed by atoms with Crippen LogP contribution in [0.1, 0.15) is 13.3 Å². The minimum Gasteiger partial charge on any atom is -0.393 e. The van der Waals surface area contributed by atoms with Gasteiger partial charge in [0.1, 0.15) is 4.91 Å². The second-order valence-electron chi connectivity index (χ2n) is 5.16. The van der Waals surface area contributed by atoms with Crippen LogP contribution in [0.3, 0.4) is 0 Å². The van der Waals surface area contributed by atoms with E-state index >= 15 is 0 Å². The molecule has 0 radical (unpaired) electrons. The Kier molecular flexibility index (Phi) is 4.67. The van der Waals surface area contributed by atoms with Crippen molar-refractivity contribution in [3.05, 3.63) is 35.4 Å². The molecule has 0 spiro atoms. The van der Waals surface area contributed by atoms with E-state index in [1.165, 1.54) is 12.6 Å². The van der Waals surface area contributed by atoms with Gasteiger partial charge in [-0.15, -0.1) is 0 Å². The number of rotatable bonds is 6. The van der Waals surface area contributed by atoms with Crippen molar-refractivity contribution in [2.24, 2.45) is 5.92 Å². The van der Waals surface area contributed by atoms with Gasteiger partial charge in [0.15, 0.2) is 0 Å². The van der Waals surface area contributed by atoms with Gasteiger partial charge < -0.3 is 15.6 Å². The number of anilines is 1. The molecule has 1 heterocycles. The Bertz CT molecular complexity index is 629. The van der Waals surface area contributed by atoms with Crippen LogP contribution >= 0.6 is 0 Å². The maximum absolute atomic E-state index is 12.3. The third-order valence-corrected chi connectivity index (χ3v) is 5.53. The van der Waals surface area contributed by atoms with Crippen LogP contribution in [0.4, 0.5) is 5.69 Å². The largest absolute Gasteiger partial charge is 0.393 e. The van der Waals surface area contributed by atoms with Crippen molar-refractivity contribution in [1.29, 1.82) is 5.41 Å². The molecular weight excluding hydrogens is 286 g/mol. The molecule has 1 aromatic rings. The minimum atomic E-state index is -3.62. The summed E-state index contributed by atoms with van der Waals surface area (Å²) in [4.78, 5) is 2.41. The molecule has 6 heteroatoms. The number of nitrogens with zero attached hydrogens (tertiary/aromatic N) is 1. The van der Waals surface area contributed by atoms with Gasteiger partial charge >= 0.3 is 0 Å². The fourth-order valence-corrected chi connectivity index (χ4v) is 3.54. The molecule has 2 rings (SSSR count). The number of nitrogens with one attached hydrogen (secondary N) is 2. The Morgan fingerprint density at radius 1 is 1.38 bits per heavy atom. The summed E-state index contributed by atoms with van der Waals surface area (Å²) < 4.78 is 24.7. The van der Waals surface area contributed by atoms with Crippen molar-refractivity contribution < 1.29 is 8.42 Å². The fraction of sp³-hybridized carbons (Fsp3) is 0.400. The summed E-state index contributed by atoms with van der Waals surface area (Å²) in [6.07, 6.45) is 3.35. The standard InChI is InChI=1S/C15H21N3O2S/c1-3-12-10-18(11-12)13-4-6-14(7-5-13)21(19,20)15(8-16)9-17-2/h4-9,12,16-17H,3,10-11H2,1-2H3/b15-9+,16-8?. The van der Waals surface area contributed by atoms with E-state index in [1.54, 1.807) is 19.2 Å². The van der Waals surface area contributed by atoms with Crippen LogP contribution < -0.4 is 10.2 Å². The van der Waals surface area contributed by atoms with Crippen LogP contribution in [-0.2, 0) is 9.84 Å². The van der Waals surface area contributed by atoms with Gasteiger partial charge in [0, 0.05) is 38.2 Å². The van der Waals surface area contributed by atoms with Crippen LogP contribution in [0.25, 0.3) is 0 Å². The lowest BCUT2D eigenvalue weighted by Gasteiger charge is -2.40. The summed E-state index contributed by atoms with van der Waals surface area (Å²) in [6, 6.07) is 6.88. The molecule has 2 N–H and O–H groups in total. The van der Waals surface area contributed by atoms with E-state index < -0.39 is 9.84 Å². The molecule has 21 heavy (non-hydrogen) atoms. The molecule has 0 amide bonds. The van der Waals surface area contributed by atoms with E-state index in [0.29, 0.717) is 0 Å². The number of benzene rings is 1.